The maximum Gasteiger partial charge on any atom is 0.252 e. The number of aromatic nitrogens is 1. The zero-order chi connectivity index (χ0) is 73.7. The van der Waals surface area contributed by atoms with Crippen molar-refractivity contribution in [3.63, 3.8) is 0 Å². The van der Waals surface area contributed by atoms with Crippen molar-refractivity contribution in [1.82, 2.24) is 4.57 Å². The van der Waals surface area contributed by atoms with Gasteiger partial charge in [-0.15, -0.1) is 0 Å². The topological polar surface area (TPSA) is 11.4 Å². The van der Waals surface area contributed by atoms with E-state index in [2.05, 4.69) is 439 Å². The smallest absolute Gasteiger partial charge is 0.252 e. The van der Waals surface area contributed by atoms with E-state index in [9.17, 15) is 0 Å². The molecule has 3 heterocycles. The zero-order valence-corrected chi connectivity index (χ0v) is 61.3. The van der Waals surface area contributed by atoms with E-state index in [0.29, 0.717) is 0 Å². The maximum atomic E-state index is 2.70. The Morgan fingerprint density at radius 1 is 0.188 bits per heavy atom. The first-order valence-electron chi connectivity index (χ1n) is 38.8. The van der Waals surface area contributed by atoms with E-state index in [4.69, 9.17) is 0 Å². The van der Waals surface area contributed by atoms with Gasteiger partial charge < -0.3 is 14.4 Å². The number of hydrogen-bond donors (Lipinski definition) is 0. The molecule has 0 N–H and O–H groups in total. The fourth-order valence-corrected chi connectivity index (χ4v) is 18.4. The normalized spacial score (nSPS) is 12.2. The van der Waals surface area contributed by atoms with E-state index in [-0.39, 0.29) is 6.71 Å². The number of benzene rings is 19. The highest BCUT2D eigenvalue weighted by molar-refractivity contribution is 7.00. The Bertz CT molecular complexity index is 6680. The minimum absolute atomic E-state index is 0.310. The van der Waals surface area contributed by atoms with Gasteiger partial charge in [0.2, 0.25) is 0 Å². The Kier molecular flexibility index (Phi) is 15.4. The van der Waals surface area contributed by atoms with Gasteiger partial charge in [0.05, 0.1) is 28.1 Å². The van der Waals surface area contributed by atoms with Crippen LogP contribution in [0.2, 0.25) is 0 Å². The van der Waals surface area contributed by atoms with Crippen LogP contribution in [0.5, 0.6) is 0 Å². The molecule has 0 saturated carbocycles. The lowest BCUT2D eigenvalue weighted by atomic mass is 9.33. The molecule has 0 saturated heterocycles. The van der Waals surface area contributed by atoms with Crippen molar-refractivity contribution in [2.45, 2.75) is 0 Å². The van der Waals surface area contributed by atoms with Crippen LogP contribution in [0.3, 0.4) is 0 Å². The largest absolute Gasteiger partial charge is 0.310 e. The minimum atomic E-state index is -0.310. The van der Waals surface area contributed by atoms with Gasteiger partial charge in [-0.3, -0.25) is 0 Å². The standard InChI is InChI=1S/C108H70BN3/c1-9-31-71(32-10-1)80-54-59-101-98(67-80)109-99-68-81(72-33-11-2-12-34-72)55-60-102(99)112(108-95(77-43-21-7-22-44-77)65-85(74-37-15-4-16-38-74)66-96(108)78-45-23-8-24-46-78)104-70-86(69-103(105(104)109)111(101)107-93(75-39-17-5-18-40-75)63-84(73-35-13-3-14-36-73)64-94(107)76-41-19-6-20-42-76)110-100-58-56-83(62-97(100)91-57-53-79-47-25-28-50-88(79)106(91)110)92-61-82-48-26-27-49-87(82)89-51-29-30-52-90(89)92/h1-70H. The van der Waals surface area contributed by atoms with Crippen LogP contribution in [0.25, 0.3) is 160 Å². The third kappa shape index (κ3) is 10.7. The molecule has 0 fully saturated rings. The molecule has 3 nitrogen and oxygen atoms in total. The fraction of sp³-hybridized carbons (Fsp3) is 0. The van der Waals surface area contributed by atoms with Gasteiger partial charge in [-0.25, -0.2) is 0 Å². The van der Waals surface area contributed by atoms with Gasteiger partial charge in [-0.1, -0.05) is 358 Å². The summed E-state index contributed by atoms with van der Waals surface area (Å²) >= 11 is 0. The van der Waals surface area contributed by atoms with Gasteiger partial charge in [0.1, 0.15) is 0 Å². The first-order chi connectivity index (χ1) is 55.6. The Balaban J connectivity index is 0.939. The van der Waals surface area contributed by atoms with Crippen molar-refractivity contribution in [3.05, 3.63) is 425 Å². The number of rotatable bonds is 12. The van der Waals surface area contributed by atoms with Crippen LogP contribution >= 0.6 is 0 Å². The second-order valence-electron chi connectivity index (χ2n) is 29.8. The van der Waals surface area contributed by atoms with Crippen molar-refractivity contribution in [2.75, 3.05) is 9.80 Å². The second-order valence-corrected chi connectivity index (χ2v) is 29.8. The number of anilines is 6. The summed E-state index contributed by atoms with van der Waals surface area (Å²) in [6.07, 6.45) is 0. The van der Waals surface area contributed by atoms with Crippen molar-refractivity contribution < 1.29 is 0 Å². The molecule has 0 amide bonds. The summed E-state index contributed by atoms with van der Waals surface area (Å²) < 4.78 is 2.63. The fourth-order valence-electron chi connectivity index (χ4n) is 18.4. The molecule has 0 spiro atoms. The van der Waals surface area contributed by atoms with Crippen LogP contribution in [0.1, 0.15) is 0 Å². The first-order valence-corrected chi connectivity index (χ1v) is 38.8. The first kappa shape index (κ1) is 64.6. The van der Waals surface area contributed by atoms with E-state index in [1.54, 1.807) is 0 Å². The predicted octanol–water partition coefficient (Wildman–Crippen LogP) is 27.3. The van der Waals surface area contributed by atoms with Gasteiger partial charge in [-0.05, 0) is 188 Å². The third-order valence-electron chi connectivity index (χ3n) is 23.5. The third-order valence-corrected chi connectivity index (χ3v) is 23.5. The van der Waals surface area contributed by atoms with Gasteiger partial charge in [-0.2, -0.15) is 0 Å². The highest BCUT2D eigenvalue weighted by atomic mass is 15.2. The van der Waals surface area contributed by atoms with Crippen LogP contribution < -0.4 is 26.2 Å². The van der Waals surface area contributed by atoms with Crippen molar-refractivity contribution in [2.24, 2.45) is 0 Å². The van der Waals surface area contributed by atoms with Crippen molar-refractivity contribution in [1.29, 1.82) is 0 Å². The lowest BCUT2D eigenvalue weighted by Gasteiger charge is -2.46. The Morgan fingerprint density at radius 2 is 0.554 bits per heavy atom. The van der Waals surface area contributed by atoms with Crippen LogP contribution in [0.15, 0.2) is 425 Å². The van der Waals surface area contributed by atoms with E-state index in [1.165, 1.54) is 70.6 Å². The number of fused-ring (bicyclic) bond motifs is 12. The molecular formula is C108H70BN3. The summed E-state index contributed by atoms with van der Waals surface area (Å²) in [5.41, 5.74) is 33.9. The molecule has 0 bridgehead atoms. The Morgan fingerprint density at radius 3 is 1.00 bits per heavy atom. The molecule has 0 aliphatic carbocycles. The number of hydrogen-bond acceptors (Lipinski definition) is 2. The quantitative estimate of drug-likeness (QED) is 0.0892. The van der Waals surface area contributed by atoms with Gasteiger partial charge in [0.25, 0.3) is 6.71 Å². The average Bonchev–Trinajstić information content (AvgIpc) is 0.868. The highest BCUT2D eigenvalue weighted by Crippen LogP contribution is 2.56. The van der Waals surface area contributed by atoms with Gasteiger partial charge >= 0.3 is 0 Å². The summed E-state index contributed by atoms with van der Waals surface area (Å²) in [4.78, 5) is 5.41. The average molecular weight is 1420 g/mol. The monoisotopic (exact) mass is 1420 g/mol. The molecule has 1 aromatic heterocycles. The van der Waals surface area contributed by atoms with Crippen LogP contribution in [-0.4, -0.2) is 11.3 Å². The molecule has 20 aromatic rings. The molecule has 520 valence electrons. The molecular weight excluding hydrogens is 1350 g/mol. The molecule has 22 rings (SSSR count). The van der Waals surface area contributed by atoms with E-state index in [1.807, 2.05) is 0 Å². The van der Waals surface area contributed by atoms with Crippen LogP contribution in [0.4, 0.5) is 34.1 Å². The highest BCUT2D eigenvalue weighted by Gasteiger charge is 2.46. The Labute approximate surface area is 651 Å². The molecule has 112 heavy (non-hydrogen) atoms. The summed E-state index contributed by atoms with van der Waals surface area (Å²) in [5.74, 6) is 0. The second kappa shape index (κ2) is 26.7. The Hall–Kier alpha value is -14.6. The molecule has 0 unspecified atom stereocenters. The van der Waals surface area contributed by atoms with Gasteiger partial charge in [0.15, 0.2) is 0 Å². The molecule has 0 radical (unpaired) electrons. The molecule has 0 atom stereocenters. The zero-order valence-electron chi connectivity index (χ0n) is 61.3. The van der Waals surface area contributed by atoms with Crippen LogP contribution in [-0.2, 0) is 0 Å². The number of nitrogens with zero attached hydrogens (tertiary/aromatic N) is 3. The molecule has 4 heteroatoms. The molecule has 19 aromatic carbocycles. The van der Waals surface area contributed by atoms with E-state index in [0.717, 1.165) is 140 Å². The summed E-state index contributed by atoms with van der Waals surface area (Å²) in [5, 5.41) is 9.65. The molecule has 2 aliphatic heterocycles. The van der Waals surface area contributed by atoms with Crippen LogP contribution in [0, 0.1) is 0 Å². The predicted molar refractivity (Wildman–Crippen MR) is 476 cm³/mol. The summed E-state index contributed by atoms with van der Waals surface area (Å²) in [6, 6.07) is 159. The molecule has 2 aliphatic rings. The SMILES string of the molecule is c1ccc(-c2ccc3c(c2)B2c4cc(-c5ccccc5)ccc4N(c4c(-c5ccccc5)cc(-c5ccccc5)cc4-c4ccccc4)c4cc(-n5c6ccc(-c7cc8ccccc8c8ccccc78)cc6c6ccc7ccccc7c65)cc(c42)N3c2c(-c3ccccc3)cc(-c3ccccc3)cc2-c2ccccc2)cc1. The van der Waals surface area contributed by atoms with Crippen molar-refractivity contribution in [3.8, 4) is 106 Å². The summed E-state index contributed by atoms with van der Waals surface area (Å²) in [6.45, 7) is -0.310. The minimum Gasteiger partial charge on any atom is -0.310 e. The maximum absolute atomic E-state index is 2.70. The van der Waals surface area contributed by atoms with Crippen molar-refractivity contribution >= 4 is 111 Å². The van der Waals surface area contributed by atoms with E-state index >= 15 is 0 Å². The lowest BCUT2D eigenvalue weighted by Crippen LogP contribution is -2.61. The van der Waals surface area contributed by atoms with E-state index < -0.39 is 0 Å². The van der Waals surface area contributed by atoms with Gasteiger partial charge in [0, 0.05) is 61.2 Å². The lowest BCUT2D eigenvalue weighted by molar-refractivity contribution is 1.16. The summed E-state index contributed by atoms with van der Waals surface area (Å²) in [7, 11) is 0.